The first-order chi connectivity index (χ1) is 10.9. The Morgan fingerprint density at radius 1 is 1.52 bits per heavy atom. The molecule has 0 amide bonds. The Bertz CT molecular complexity index is 633. The van der Waals surface area contributed by atoms with Crippen LogP contribution in [0.25, 0.3) is 0 Å². The lowest BCUT2D eigenvalue weighted by atomic mass is 10.0. The highest BCUT2D eigenvalue weighted by atomic mass is 79.9. The summed E-state index contributed by atoms with van der Waals surface area (Å²) in [4.78, 5) is 23.5. The number of aryl methyl sites for hydroxylation is 2. The normalized spacial score (nSPS) is 29.7. The molecule has 1 N–H and O–H groups in total. The summed E-state index contributed by atoms with van der Waals surface area (Å²) in [6.45, 7) is 4.23. The molecule has 1 unspecified atom stereocenters. The van der Waals surface area contributed by atoms with Gasteiger partial charge in [0.15, 0.2) is 12.4 Å². The number of hydrogen-bond donors (Lipinski definition) is 1. The minimum absolute atomic E-state index is 0.256. The fraction of sp³-hybridized carbons (Fsp3) is 0.556. The first kappa shape index (κ1) is 16.7. The van der Waals surface area contributed by atoms with E-state index >= 15 is 0 Å². The molecule has 1 aromatic carbocycles. The molecular formula is C18H22BrNO3. The van der Waals surface area contributed by atoms with E-state index in [0.29, 0.717) is 18.9 Å². The van der Waals surface area contributed by atoms with E-state index in [-0.39, 0.29) is 17.4 Å². The Hall–Kier alpha value is -1.20. The van der Waals surface area contributed by atoms with E-state index in [9.17, 15) is 9.59 Å². The molecule has 0 bridgehead atoms. The number of rotatable bonds is 6. The fourth-order valence-corrected chi connectivity index (χ4v) is 3.81. The summed E-state index contributed by atoms with van der Waals surface area (Å²) in [5.74, 6) is -0.290. The number of fused-ring (bicyclic) bond motifs is 1. The maximum atomic E-state index is 12.2. The lowest BCUT2D eigenvalue weighted by Gasteiger charge is -2.18. The summed E-state index contributed by atoms with van der Waals surface area (Å²) in [6.07, 6.45) is 3.23. The van der Waals surface area contributed by atoms with Crippen molar-refractivity contribution in [2.45, 2.75) is 57.7 Å². The average molecular weight is 380 g/mol. The maximum absolute atomic E-state index is 12.2. The predicted molar refractivity (Wildman–Crippen MR) is 91.2 cm³/mol. The van der Waals surface area contributed by atoms with Gasteiger partial charge in [-0.2, -0.15) is 0 Å². The molecule has 1 aliphatic heterocycles. The Morgan fingerprint density at radius 2 is 2.30 bits per heavy atom. The number of nitrogens with one attached hydrogen (secondary N) is 1. The average Bonchev–Trinajstić information content (AvgIpc) is 3.03. The number of halogens is 1. The third-order valence-corrected chi connectivity index (χ3v) is 5.63. The molecule has 1 saturated carbocycles. The summed E-state index contributed by atoms with van der Waals surface area (Å²) in [5.41, 5.74) is 2.60. The number of ether oxygens (including phenoxy) is 1. The van der Waals surface area contributed by atoms with Gasteiger partial charge in [-0.25, -0.2) is 0 Å². The smallest absolute Gasteiger partial charge is 0.323 e. The van der Waals surface area contributed by atoms with Gasteiger partial charge in [-0.3, -0.25) is 9.59 Å². The SMILES string of the molecule is Cc1ccc(Br)cc1CCC(C=O)OC(=O)[C@@H]1C[C@@]2(C)C[C@H]2N1. The van der Waals surface area contributed by atoms with Gasteiger partial charge in [0.1, 0.15) is 6.04 Å². The molecule has 1 aromatic rings. The van der Waals surface area contributed by atoms with Crippen LogP contribution < -0.4 is 5.32 Å². The number of carbonyl (C=O) groups is 2. The minimum atomic E-state index is -0.674. The molecule has 0 aromatic heterocycles. The lowest BCUT2D eigenvalue weighted by molar-refractivity contribution is -0.154. The molecule has 0 spiro atoms. The number of benzene rings is 1. The standard InChI is InChI=1S/C18H22BrNO3/c1-11-3-5-13(19)7-12(11)4-6-14(10-21)23-17(22)15-8-18(2)9-16(18)20-15/h3,5,7,10,14-16,20H,4,6,8-9H2,1-2H3/t14?,15-,16+,18-/m0/s1. The molecule has 5 heteroatoms. The first-order valence-corrected chi connectivity index (χ1v) is 8.87. The Kier molecular flexibility index (Phi) is 4.61. The Balaban J connectivity index is 1.53. The highest BCUT2D eigenvalue weighted by Crippen LogP contribution is 2.54. The predicted octanol–water partition coefficient (Wildman–Crippen LogP) is 2.94. The quantitative estimate of drug-likeness (QED) is 0.609. The van der Waals surface area contributed by atoms with Crippen LogP contribution in [0.4, 0.5) is 0 Å². The van der Waals surface area contributed by atoms with Crippen LogP contribution in [-0.2, 0) is 20.7 Å². The van der Waals surface area contributed by atoms with Gasteiger partial charge >= 0.3 is 5.97 Å². The van der Waals surface area contributed by atoms with Gasteiger partial charge in [-0.15, -0.1) is 0 Å². The van der Waals surface area contributed by atoms with Crippen LogP contribution in [0.3, 0.4) is 0 Å². The van der Waals surface area contributed by atoms with Gasteiger partial charge in [0.2, 0.25) is 0 Å². The second kappa shape index (κ2) is 6.36. The summed E-state index contributed by atoms with van der Waals surface area (Å²) < 4.78 is 6.42. The molecule has 4 nitrogen and oxygen atoms in total. The van der Waals surface area contributed by atoms with Crippen LogP contribution in [-0.4, -0.2) is 30.4 Å². The van der Waals surface area contributed by atoms with Gasteiger partial charge in [0.25, 0.3) is 0 Å². The largest absolute Gasteiger partial charge is 0.453 e. The second-order valence-electron chi connectivity index (χ2n) is 7.06. The third kappa shape index (κ3) is 3.66. The van der Waals surface area contributed by atoms with Gasteiger partial charge in [0, 0.05) is 10.5 Å². The number of carbonyl (C=O) groups excluding carboxylic acids is 2. The fourth-order valence-electron chi connectivity index (χ4n) is 3.41. The summed E-state index contributed by atoms with van der Waals surface area (Å²) in [6, 6.07) is 6.27. The van der Waals surface area contributed by atoms with Crippen molar-refractivity contribution in [3.63, 3.8) is 0 Å². The van der Waals surface area contributed by atoms with Crippen LogP contribution in [0.5, 0.6) is 0 Å². The molecule has 1 heterocycles. The van der Waals surface area contributed by atoms with Crippen molar-refractivity contribution < 1.29 is 14.3 Å². The van der Waals surface area contributed by atoms with Gasteiger partial charge < -0.3 is 10.1 Å². The molecule has 4 atom stereocenters. The van der Waals surface area contributed by atoms with Crippen LogP contribution >= 0.6 is 15.9 Å². The molecule has 3 rings (SSSR count). The van der Waals surface area contributed by atoms with E-state index in [4.69, 9.17) is 4.74 Å². The van der Waals surface area contributed by atoms with Crippen LogP contribution in [0.1, 0.15) is 37.3 Å². The van der Waals surface area contributed by atoms with Gasteiger partial charge in [-0.05, 0) is 61.3 Å². The van der Waals surface area contributed by atoms with Crippen LogP contribution in [0.2, 0.25) is 0 Å². The highest BCUT2D eigenvalue weighted by Gasteiger charge is 2.58. The molecule has 1 saturated heterocycles. The van der Waals surface area contributed by atoms with E-state index in [1.54, 1.807) is 0 Å². The van der Waals surface area contributed by atoms with Gasteiger partial charge in [-0.1, -0.05) is 28.9 Å². The van der Waals surface area contributed by atoms with Crippen molar-refractivity contribution in [2.75, 3.05) is 0 Å². The van der Waals surface area contributed by atoms with E-state index in [0.717, 1.165) is 29.2 Å². The van der Waals surface area contributed by atoms with Crippen molar-refractivity contribution in [3.8, 4) is 0 Å². The number of aldehydes is 1. The van der Waals surface area contributed by atoms with Crippen molar-refractivity contribution in [3.05, 3.63) is 33.8 Å². The van der Waals surface area contributed by atoms with E-state index < -0.39 is 6.10 Å². The second-order valence-corrected chi connectivity index (χ2v) is 7.97. The summed E-state index contributed by atoms with van der Waals surface area (Å²) in [7, 11) is 0. The van der Waals surface area contributed by atoms with Crippen molar-refractivity contribution in [2.24, 2.45) is 5.41 Å². The monoisotopic (exact) mass is 379 g/mol. The molecule has 23 heavy (non-hydrogen) atoms. The molecule has 0 radical (unpaired) electrons. The van der Waals surface area contributed by atoms with Gasteiger partial charge in [0.05, 0.1) is 0 Å². The van der Waals surface area contributed by atoms with Crippen molar-refractivity contribution in [1.82, 2.24) is 5.32 Å². The van der Waals surface area contributed by atoms with Crippen molar-refractivity contribution in [1.29, 1.82) is 0 Å². The van der Waals surface area contributed by atoms with Crippen LogP contribution in [0.15, 0.2) is 22.7 Å². The zero-order chi connectivity index (χ0) is 16.6. The molecule has 124 valence electrons. The topological polar surface area (TPSA) is 55.4 Å². The lowest BCUT2D eigenvalue weighted by Crippen LogP contribution is -2.37. The van der Waals surface area contributed by atoms with Crippen molar-refractivity contribution >= 4 is 28.2 Å². The van der Waals surface area contributed by atoms with Crippen LogP contribution in [0, 0.1) is 12.3 Å². The summed E-state index contributed by atoms with van der Waals surface area (Å²) >= 11 is 3.46. The number of hydrogen-bond acceptors (Lipinski definition) is 4. The molecule has 2 fully saturated rings. The third-order valence-electron chi connectivity index (χ3n) is 5.14. The molecule has 2 aliphatic rings. The Morgan fingerprint density at radius 3 is 2.96 bits per heavy atom. The van der Waals surface area contributed by atoms with E-state index in [1.165, 1.54) is 5.56 Å². The molecular weight excluding hydrogens is 358 g/mol. The Labute approximate surface area is 145 Å². The first-order valence-electron chi connectivity index (χ1n) is 8.08. The summed E-state index contributed by atoms with van der Waals surface area (Å²) in [5, 5.41) is 3.29. The maximum Gasteiger partial charge on any atom is 0.323 e. The minimum Gasteiger partial charge on any atom is -0.453 e. The highest BCUT2D eigenvalue weighted by molar-refractivity contribution is 9.10. The van der Waals surface area contributed by atoms with E-state index in [2.05, 4.69) is 28.2 Å². The zero-order valence-corrected chi connectivity index (χ0v) is 15.1. The van der Waals surface area contributed by atoms with E-state index in [1.807, 2.05) is 25.1 Å². The molecule has 1 aliphatic carbocycles. The number of esters is 1. The number of piperidine rings is 1. The zero-order valence-electron chi connectivity index (χ0n) is 13.5.